The Balaban J connectivity index is 1.79. The molecule has 0 fully saturated rings. The second-order valence-corrected chi connectivity index (χ2v) is 10.6. The van der Waals surface area contributed by atoms with Crippen molar-refractivity contribution in [3.05, 3.63) is 63.2 Å². The van der Waals surface area contributed by atoms with Crippen LogP contribution in [0, 0.1) is 0 Å². The fraction of sp³-hybridized carbons (Fsp3) is 0.308. The van der Waals surface area contributed by atoms with Crippen LogP contribution in [0.2, 0.25) is 0 Å². The number of amides is 3. The van der Waals surface area contributed by atoms with E-state index in [9.17, 15) is 19.5 Å². The zero-order chi connectivity index (χ0) is 28.5. The van der Waals surface area contributed by atoms with Gasteiger partial charge >= 0.3 is 0 Å². The lowest BCUT2D eigenvalue weighted by molar-refractivity contribution is -0.134. The summed E-state index contributed by atoms with van der Waals surface area (Å²) in [6, 6.07) is 10.3. The van der Waals surface area contributed by atoms with Gasteiger partial charge in [0.2, 0.25) is 17.7 Å². The molecule has 0 aliphatic heterocycles. The first-order chi connectivity index (χ1) is 18.6. The normalized spacial score (nSPS) is 12.5. The highest BCUT2D eigenvalue weighted by atomic mass is 79.9. The molecule has 13 heteroatoms. The van der Waals surface area contributed by atoms with Gasteiger partial charge in [0.05, 0.1) is 38.8 Å². The maximum atomic E-state index is 13.4. The number of benzene rings is 2. The molecule has 1 heterocycles. The van der Waals surface area contributed by atoms with Crippen LogP contribution in [-0.2, 0) is 20.8 Å². The molecule has 39 heavy (non-hydrogen) atoms. The summed E-state index contributed by atoms with van der Waals surface area (Å²) >= 11 is 6.57. The molecule has 0 aliphatic carbocycles. The number of nitrogens with one attached hydrogen (secondary N) is 2. The summed E-state index contributed by atoms with van der Waals surface area (Å²) in [6.07, 6.45) is 1.33. The molecule has 3 rings (SSSR count). The Morgan fingerprint density at radius 3 is 2.28 bits per heavy atom. The van der Waals surface area contributed by atoms with Crippen molar-refractivity contribution in [2.75, 3.05) is 31.5 Å². The Morgan fingerprint density at radius 2 is 1.64 bits per heavy atom. The van der Waals surface area contributed by atoms with Crippen molar-refractivity contribution in [2.24, 2.45) is 17.2 Å². The lowest BCUT2D eigenvalue weighted by Gasteiger charge is -2.24. The zero-order valence-electron chi connectivity index (χ0n) is 21.1. The molecule has 0 bridgehead atoms. The van der Waals surface area contributed by atoms with E-state index in [1.165, 1.54) is 11.1 Å². The third-order valence-electron chi connectivity index (χ3n) is 5.89. The van der Waals surface area contributed by atoms with Gasteiger partial charge in [-0.05, 0) is 61.7 Å². The van der Waals surface area contributed by atoms with Crippen LogP contribution >= 0.6 is 31.9 Å². The number of hydrogen-bond donors (Lipinski definition) is 6. The third kappa shape index (κ3) is 8.44. The van der Waals surface area contributed by atoms with E-state index in [1.54, 1.807) is 18.2 Å². The first kappa shape index (κ1) is 30.4. The highest BCUT2D eigenvalue weighted by molar-refractivity contribution is 9.11. The van der Waals surface area contributed by atoms with Gasteiger partial charge in [-0.15, -0.1) is 0 Å². The van der Waals surface area contributed by atoms with Crippen LogP contribution in [-0.4, -0.2) is 71.0 Å². The van der Waals surface area contributed by atoms with Crippen molar-refractivity contribution in [2.45, 2.75) is 24.9 Å². The third-order valence-corrected chi connectivity index (χ3v) is 7.10. The number of phenolic OH excluding ortho intramolecular Hbond substituents is 1. The molecule has 0 radical (unpaired) electrons. The van der Waals surface area contributed by atoms with Crippen LogP contribution in [0.4, 0.5) is 5.69 Å². The number of rotatable bonds is 12. The van der Waals surface area contributed by atoms with Gasteiger partial charge < -0.3 is 37.8 Å². The summed E-state index contributed by atoms with van der Waals surface area (Å²) < 4.78 is 0.830. The second-order valence-electron chi connectivity index (χ2n) is 8.85. The number of anilines is 1. The Morgan fingerprint density at radius 1 is 1.00 bits per heavy atom. The predicted octanol–water partition coefficient (Wildman–Crippen LogP) is 1.59. The van der Waals surface area contributed by atoms with Crippen molar-refractivity contribution < 1.29 is 19.5 Å². The van der Waals surface area contributed by atoms with Crippen molar-refractivity contribution in [1.82, 2.24) is 15.2 Å². The van der Waals surface area contributed by atoms with E-state index in [0.717, 1.165) is 10.9 Å². The quantitative estimate of drug-likeness (QED) is 0.168. The number of aromatic nitrogens is 1. The average Bonchev–Trinajstić information content (AvgIpc) is 2.90. The minimum Gasteiger partial charge on any atom is -0.506 e. The number of fused-ring (bicyclic) bond motifs is 1. The van der Waals surface area contributed by atoms with Gasteiger partial charge in [0.1, 0.15) is 11.8 Å². The first-order valence-corrected chi connectivity index (χ1v) is 13.8. The van der Waals surface area contributed by atoms with Gasteiger partial charge in [0.25, 0.3) is 0 Å². The standard InChI is InChI=1S/C26H31Br2N7O4/c27-18-9-15(10-19(28)24(18)37)11-22(26(39)33-17-12-16-3-1-2-4-21(16)32-14-17)34-25(38)20(31)13-23(36)35(7-5-29)8-6-30/h1-4,9-10,12,14,20,22,37H,5-8,11,13,29-31H2,(H,33,39)(H,34,38)/t20-,22-/m0/s1. The molecule has 3 amide bonds. The topological polar surface area (TPSA) is 190 Å². The van der Waals surface area contributed by atoms with Crippen LogP contribution in [0.25, 0.3) is 10.9 Å². The van der Waals surface area contributed by atoms with Gasteiger partial charge in [-0.3, -0.25) is 19.4 Å². The number of nitrogens with two attached hydrogens (primary N) is 3. The molecule has 1 aromatic heterocycles. The highest BCUT2D eigenvalue weighted by Crippen LogP contribution is 2.33. The highest BCUT2D eigenvalue weighted by Gasteiger charge is 2.27. The lowest BCUT2D eigenvalue weighted by atomic mass is 10.0. The number of pyridine rings is 1. The number of carbonyl (C=O) groups is 3. The molecule has 0 aliphatic rings. The molecule has 0 saturated carbocycles. The number of nitrogens with zero attached hydrogens (tertiary/aromatic N) is 2. The molecule has 0 unspecified atom stereocenters. The van der Waals surface area contributed by atoms with Crippen LogP contribution in [0.5, 0.6) is 5.75 Å². The smallest absolute Gasteiger partial charge is 0.247 e. The fourth-order valence-corrected chi connectivity index (χ4v) is 5.19. The SMILES string of the molecule is NCCN(CCN)C(=O)C[C@H](N)C(=O)N[C@@H](Cc1cc(Br)c(O)c(Br)c1)C(=O)Nc1cnc2ccccc2c1. The second kappa shape index (κ2) is 14.3. The molecule has 0 spiro atoms. The minimum absolute atomic E-state index is 0.00562. The van der Waals surface area contributed by atoms with E-state index in [0.29, 0.717) is 33.3 Å². The summed E-state index contributed by atoms with van der Waals surface area (Å²) in [4.78, 5) is 44.9. The number of para-hydroxylation sites is 1. The molecular formula is C26H31Br2N7O4. The van der Waals surface area contributed by atoms with E-state index in [1.807, 2.05) is 24.3 Å². The Kier molecular flexibility index (Phi) is 11.2. The summed E-state index contributed by atoms with van der Waals surface area (Å²) in [6.45, 7) is 1.08. The summed E-state index contributed by atoms with van der Waals surface area (Å²) in [7, 11) is 0. The molecule has 9 N–H and O–H groups in total. The first-order valence-electron chi connectivity index (χ1n) is 12.2. The van der Waals surface area contributed by atoms with Crippen molar-refractivity contribution in [3.63, 3.8) is 0 Å². The van der Waals surface area contributed by atoms with Gasteiger partial charge in [0.15, 0.2) is 0 Å². The number of carbonyl (C=O) groups excluding carboxylic acids is 3. The molecule has 0 saturated heterocycles. The van der Waals surface area contributed by atoms with E-state index in [2.05, 4.69) is 47.5 Å². The molecule has 208 valence electrons. The van der Waals surface area contributed by atoms with E-state index >= 15 is 0 Å². The van der Waals surface area contributed by atoms with Crippen molar-refractivity contribution in [3.8, 4) is 5.75 Å². The summed E-state index contributed by atoms with van der Waals surface area (Å²) in [5.41, 5.74) is 19.1. The minimum atomic E-state index is -1.20. The summed E-state index contributed by atoms with van der Waals surface area (Å²) in [5.74, 6) is -1.53. The van der Waals surface area contributed by atoms with E-state index < -0.39 is 23.9 Å². The fourth-order valence-electron chi connectivity index (χ4n) is 3.91. The average molecular weight is 665 g/mol. The predicted molar refractivity (Wildman–Crippen MR) is 157 cm³/mol. The number of aromatic hydroxyl groups is 1. The van der Waals surface area contributed by atoms with Crippen molar-refractivity contribution in [1.29, 1.82) is 0 Å². The maximum absolute atomic E-state index is 13.4. The Labute approximate surface area is 242 Å². The van der Waals surface area contributed by atoms with E-state index in [4.69, 9.17) is 17.2 Å². The molecule has 11 nitrogen and oxygen atoms in total. The van der Waals surface area contributed by atoms with Crippen LogP contribution in [0.3, 0.4) is 0 Å². The monoisotopic (exact) mass is 663 g/mol. The van der Waals surface area contributed by atoms with Gasteiger partial charge in [-0.2, -0.15) is 0 Å². The maximum Gasteiger partial charge on any atom is 0.247 e. The van der Waals surface area contributed by atoms with Crippen LogP contribution in [0.15, 0.2) is 57.6 Å². The van der Waals surface area contributed by atoms with E-state index in [-0.39, 0.29) is 37.6 Å². The number of halogens is 2. The van der Waals surface area contributed by atoms with Crippen LogP contribution < -0.4 is 27.8 Å². The number of phenols is 1. The Hall–Kier alpha value is -3.10. The number of hydrogen-bond acceptors (Lipinski definition) is 8. The van der Waals surface area contributed by atoms with Crippen molar-refractivity contribution >= 4 is 66.2 Å². The molecular weight excluding hydrogens is 634 g/mol. The zero-order valence-corrected chi connectivity index (χ0v) is 24.2. The lowest BCUT2D eigenvalue weighted by Crippen LogP contribution is -2.52. The van der Waals surface area contributed by atoms with Gasteiger partial charge in [0, 0.05) is 38.0 Å². The van der Waals surface area contributed by atoms with Crippen LogP contribution in [0.1, 0.15) is 12.0 Å². The molecule has 2 atom stereocenters. The summed E-state index contributed by atoms with van der Waals surface area (Å²) in [5, 5.41) is 16.4. The Bertz CT molecular complexity index is 1310. The van der Waals surface area contributed by atoms with Gasteiger partial charge in [-0.1, -0.05) is 18.2 Å². The molecule has 2 aromatic carbocycles. The molecule has 3 aromatic rings. The largest absolute Gasteiger partial charge is 0.506 e. The van der Waals surface area contributed by atoms with Gasteiger partial charge in [-0.25, -0.2) is 0 Å².